The second-order valence-electron chi connectivity index (χ2n) is 5.90. The minimum absolute atomic E-state index is 0.117. The van der Waals surface area contributed by atoms with Crippen molar-refractivity contribution < 1.29 is 9.90 Å². The van der Waals surface area contributed by atoms with E-state index in [0.29, 0.717) is 14.5 Å². The van der Waals surface area contributed by atoms with Crippen molar-refractivity contribution in [2.75, 3.05) is 0 Å². The normalized spacial score (nSPS) is 10.9. The summed E-state index contributed by atoms with van der Waals surface area (Å²) in [4.78, 5) is 12.3. The first-order chi connectivity index (χ1) is 13.0. The molecular weight excluding hydrogens is 472 g/mol. The second-order valence-corrected chi connectivity index (χ2v) is 7.60. The van der Waals surface area contributed by atoms with Crippen molar-refractivity contribution >= 4 is 44.0 Å². The molecule has 2 N–H and O–H groups in total. The average Bonchev–Trinajstić information content (AvgIpc) is 2.67. The highest BCUT2D eigenvalue weighted by atomic mass is 79.9. The number of hydrogen-bond acceptors (Lipinski definition) is 3. The fourth-order valence-electron chi connectivity index (χ4n) is 2.54. The average molecular weight is 488 g/mol. The van der Waals surface area contributed by atoms with Crippen LogP contribution in [-0.2, 0) is 6.42 Å². The molecule has 4 nitrogen and oxygen atoms in total. The van der Waals surface area contributed by atoms with Crippen molar-refractivity contribution in [3.8, 4) is 5.75 Å². The fraction of sp³-hybridized carbons (Fsp3) is 0.0476. The summed E-state index contributed by atoms with van der Waals surface area (Å²) in [5.41, 5.74) is 6.06. The van der Waals surface area contributed by atoms with Gasteiger partial charge in [-0.05, 0) is 79.2 Å². The fourth-order valence-corrected chi connectivity index (χ4v) is 3.77. The zero-order chi connectivity index (χ0) is 19.2. The molecule has 136 valence electrons. The monoisotopic (exact) mass is 486 g/mol. The number of halogens is 2. The molecule has 3 rings (SSSR count). The number of nitrogens with one attached hydrogen (secondary N) is 1. The maximum absolute atomic E-state index is 12.3. The number of aromatic hydroxyl groups is 1. The Hall–Kier alpha value is -2.44. The van der Waals surface area contributed by atoms with E-state index in [1.54, 1.807) is 18.2 Å². The second kappa shape index (κ2) is 8.97. The zero-order valence-corrected chi connectivity index (χ0v) is 17.4. The first-order valence-electron chi connectivity index (χ1n) is 8.17. The standard InChI is InChI=1S/C21H16Br2N2O2/c22-18-11-16(12-19(23)20(18)26)13-24-25-21(27)17-8-4-7-15(10-17)9-14-5-2-1-3-6-14/h1-8,10-13,26H,9H2,(H,25,27). The Balaban J connectivity index is 1.67. The lowest BCUT2D eigenvalue weighted by Gasteiger charge is -2.05. The molecule has 3 aromatic rings. The van der Waals surface area contributed by atoms with Crippen LogP contribution in [-0.4, -0.2) is 17.2 Å². The van der Waals surface area contributed by atoms with Crippen molar-refractivity contribution in [1.29, 1.82) is 0 Å². The van der Waals surface area contributed by atoms with Crippen molar-refractivity contribution in [3.63, 3.8) is 0 Å². The lowest BCUT2D eigenvalue weighted by molar-refractivity contribution is 0.0955. The predicted molar refractivity (Wildman–Crippen MR) is 114 cm³/mol. The summed E-state index contributed by atoms with van der Waals surface area (Å²) in [6, 6.07) is 21.0. The van der Waals surface area contributed by atoms with E-state index in [1.807, 2.05) is 36.4 Å². The van der Waals surface area contributed by atoms with Gasteiger partial charge in [-0.1, -0.05) is 42.5 Å². The van der Waals surface area contributed by atoms with Gasteiger partial charge in [-0.25, -0.2) is 5.43 Å². The third kappa shape index (κ3) is 5.28. The van der Waals surface area contributed by atoms with Gasteiger partial charge in [-0.2, -0.15) is 5.10 Å². The van der Waals surface area contributed by atoms with E-state index in [9.17, 15) is 9.90 Å². The molecule has 0 aliphatic heterocycles. The van der Waals surface area contributed by atoms with Gasteiger partial charge in [0.2, 0.25) is 0 Å². The molecule has 1 amide bonds. The molecule has 0 saturated heterocycles. The van der Waals surface area contributed by atoms with Crippen LogP contribution < -0.4 is 5.43 Å². The first kappa shape index (κ1) is 19.3. The van der Waals surface area contributed by atoms with E-state index >= 15 is 0 Å². The molecule has 27 heavy (non-hydrogen) atoms. The number of rotatable bonds is 5. The topological polar surface area (TPSA) is 61.7 Å². The number of amides is 1. The number of phenols is 1. The minimum atomic E-state index is -0.280. The van der Waals surface area contributed by atoms with Crippen molar-refractivity contribution in [3.05, 3.63) is 97.9 Å². The summed E-state index contributed by atoms with van der Waals surface area (Å²) in [5, 5.41) is 13.7. The van der Waals surface area contributed by atoms with Crippen molar-refractivity contribution in [2.45, 2.75) is 6.42 Å². The summed E-state index contributed by atoms with van der Waals surface area (Å²) in [6.07, 6.45) is 2.28. The molecule has 0 aliphatic rings. The van der Waals surface area contributed by atoms with Crippen LogP contribution in [0.25, 0.3) is 0 Å². The summed E-state index contributed by atoms with van der Waals surface area (Å²) in [6.45, 7) is 0. The molecule has 3 aromatic carbocycles. The largest absolute Gasteiger partial charge is 0.506 e. The highest BCUT2D eigenvalue weighted by molar-refractivity contribution is 9.11. The van der Waals surface area contributed by atoms with Crippen LogP contribution >= 0.6 is 31.9 Å². The van der Waals surface area contributed by atoms with Gasteiger partial charge in [0.15, 0.2) is 0 Å². The van der Waals surface area contributed by atoms with Gasteiger partial charge in [-0.3, -0.25) is 4.79 Å². The van der Waals surface area contributed by atoms with Gasteiger partial charge in [0, 0.05) is 5.56 Å². The molecule has 0 bridgehead atoms. The Kier molecular flexibility index (Phi) is 6.42. The van der Waals surface area contributed by atoms with Crippen LogP contribution in [0, 0.1) is 0 Å². The predicted octanol–water partition coefficient (Wildman–Crippen LogP) is 5.27. The number of hydrogen-bond donors (Lipinski definition) is 2. The number of benzene rings is 3. The Morgan fingerprint density at radius 3 is 2.33 bits per heavy atom. The molecule has 6 heteroatoms. The molecule has 0 heterocycles. The van der Waals surface area contributed by atoms with Gasteiger partial charge in [0.1, 0.15) is 5.75 Å². The Morgan fingerprint density at radius 1 is 0.963 bits per heavy atom. The molecule has 0 aromatic heterocycles. The Bertz CT molecular complexity index is 965. The molecule has 0 saturated carbocycles. The Morgan fingerprint density at radius 2 is 1.63 bits per heavy atom. The number of phenolic OH excluding ortho intramolecular Hbond substituents is 1. The number of nitrogens with zero attached hydrogens (tertiary/aromatic N) is 1. The van der Waals surface area contributed by atoms with Crippen molar-refractivity contribution in [2.24, 2.45) is 5.10 Å². The molecule has 0 atom stereocenters. The van der Waals surface area contributed by atoms with E-state index in [0.717, 1.165) is 17.5 Å². The van der Waals surface area contributed by atoms with E-state index in [-0.39, 0.29) is 11.7 Å². The van der Waals surface area contributed by atoms with E-state index in [4.69, 9.17) is 0 Å². The zero-order valence-electron chi connectivity index (χ0n) is 14.2. The maximum Gasteiger partial charge on any atom is 0.271 e. The van der Waals surface area contributed by atoms with Crippen LogP contribution in [0.4, 0.5) is 0 Å². The van der Waals surface area contributed by atoms with E-state index in [1.165, 1.54) is 11.8 Å². The number of carbonyl (C=O) groups excluding carboxylic acids is 1. The molecule has 0 fully saturated rings. The molecule has 0 aliphatic carbocycles. The van der Waals surface area contributed by atoms with Gasteiger partial charge in [-0.15, -0.1) is 0 Å². The molecule has 0 spiro atoms. The summed E-state index contributed by atoms with van der Waals surface area (Å²) < 4.78 is 1.08. The lowest BCUT2D eigenvalue weighted by atomic mass is 10.0. The first-order valence-corrected chi connectivity index (χ1v) is 9.76. The minimum Gasteiger partial charge on any atom is -0.506 e. The summed E-state index contributed by atoms with van der Waals surface area (Å²) in [7, 11) is 0. The number of hydrazone groups is 1. The van der Waals surface area contributed by atoms with Gasteiger partial charge in [0.05, 0.1) is 15.2 Å². The van der Waals surface area contributed by atoms with Gasteiger partial charge < -0.3 is 5.11 Å². The van der Waals surface area contributed by atoms with E-state index in [2.05, 4.69) is 54.5 Å². The van der Waals surface area contributed by atoms with Crippen molar-refractivity contribution in [1.82, 2.24) is 5.43 Å². The Labute approximate surface area is 174 Å². The smallest absolute Gasteiger partial charge is 0.271 e. The van der Waals surface area contributed by atoms with Crippen LogP contribution in [0.3, 0.4) is 0 Å². The van der Waals surface area contributed by atoms with Crippen LogP contribution in [0.5, 0.6) is 5.75 Å². The highest BCUT2D eigenvalue weighted by Gasteiger charge is 2.07. The maximum atomic E-state index is 12.3. The summed E-state index contributed by atoms with van der Waals surface area (Å²) in [5.74, 6) is -0.163. The van der Waals surface area contributed by atoms with Crippen LogP contribution in [0.15, 0.2) is 80.8 Å². The quantitative estimate of drug-likeness (QED) is 0.380. The van der Waals surface area contributed by atoms with Gasteiger partial charge in [0.25, 0.3) is 5.91 Å². The SMILES string of the molecule is O=C(NN=Cc1cc(Br)c(O)c(Br)c1)c1cccc(Cc2ccccc2)c1. The molecular formula is C21H16Br2N2O2. The highest BCUT2D eigenvalue weighted by Crippen LogP contribution is 2.32. The summed E-state index contributed by atoms with van der Waals surface area (Å²) >= 11 is 6.52. The lowest BCUT2D eigenvalue weighted by Crippen LogP contribution is -2.17. The third-order valence-electron chi connectivity index (χ3n) is 3.86. The molecule has 0 unspecified atom stereocenters. The van der Waals surface area contributed by atoms with E-state index < -0.39 is 0 Å². The molecule has 0 radical (unpaired) electrons. The van der Waals surface area contributed by atoms with Gasteiger partial charge >= 0.3 is 0 Å². The third-order valence-corrected chi connectivity index (χ3v) is 5.07. The van der Waals surface area contributed by atoms with Crippen LogP contribution in [0.1, 0.15) is 27.0 Å². The number of carbonyl (C=O) groups is 1. The van der Waals surface area contributed by atoms with Crippen LogP contribution in [0.2, 0.25) is 0 Å².